The van der Waals surface area contributed by atoms with Crippen molar-refractivity contribution in [1.82, 2.24) is 5.32 Å². The summed E-state index contributed by atoms with van der Waals surface area (Å²) in [5.74, 6) is -2.57. The van der Waals surface area contributed by atoms with Crippen LogP contribution in [0.5, 0.6) is 0 Å². The number of nitriles is 1. The molecule has 0 radical (unpaired) electrons. The van der Waals surface area contributed by atoms with Crippen molar-refractivity contribution in [3.63, 3.8) is 0 Å². The van der Waals surface area contributed by atoms with Crippen molar-refractivity contribution in [3.05, 3.63) is 51.9 Å². The standard InChI is InChI=1S/C24H26F3N3O3S/c1-22(2,3)15-10-11-16-17(13-28)20(34-18(16)12-15)30-23(21(32)33-4,24(25,26)27)29-19(31)14-8-6-5-7-9-14/h5-9,15,30H,10-12H2,1-4H3,(H,29,31)/t15-,23-/m0/s1. The molecule has 1 heterocycles. The van der Waals surface area contributed by atoms with Gasteiger partial charge in [-0.2, -0.15) is 18.4 Å². The molecule has 1 aliphatic rings. The number of esters is 1. The van der Waals surface area contributed by atoms with E-state index in [0.29, 0.717) is 24.3 Å². The molecule has 1 aliphatic carbocycles. The highest BCUT2D eigenvalue weighted by atomic mass is 32.1. The van der Waals surface area contributed by atoms with Crippen LogP contribution in [0.3, 0.4) is 0 Å². The van der Waals surface area contributed by atoms with Crippen LogP contribution >= 0.6 is 11.3 Å². The average molecular weight is 494 g/mol. The third-order valence-electron chi connectivity index (χ3n) is 6.16. The second-order valence-electron chi connectivity index (χ2n) is 9.31. The molecule has 0 aliphatic heterocycles. The van der Waals surface area contributed by atoms with Crippen LogP contribution in [0.1, 0.15) is 53.6 Å². The topological polar surface area (TPSA) is 91.2 Å². The van der Waals surface area contributed by atoms with Crippen LogP contribution in [0.25, 0.3) is 0 Å². The van der Waals surface area contributed by atoms with Gasteiger partial charge in [0.1, 0.15) is 11.1 Å². The van der Waals surface area contributed by atoms with Gasteiger partial charge in [0, 0.05) is 10.4 Å². The summed E-state index contributed by atoms with van der Waals surface area (Å²) in [6.07, 6.45) is -3.32. The van der Waals surface area contributed by atoms with Crippen molar-refractivity contribution < 1.29 is 27.5 Å². The number of nitrogens with one attached hydrogen (secondary N) is 2. The number of hydrogen-bond donors (Lipinski definition) is 2. The molecule has 0 saturated heterocycles. The SMILES string of the molecule is COC(=O)[C@](NC(=O)c1ccccc1)(Nc1sc2c(c1C#N)CC[C@H](C(C)(C)C)C2)C(F)(F)F. The normalized spacial score (nSPS) is 17.6. The fourth-order valence-electron chi connectivity index (χ4n) is 4.08. The fourth-order valence-corrected chi connectivity index (χ4v) is 5.41. The van der Waals surface area contributed by atoms with Crippen molar-refractivity contribution in [2.24, 2.45) is 11.3 Å². The summed E-state index contributed by atoms with van der Waals surface area (Å²) in [6.45, 7) is 6.31. The Hall–Kier alpha value is -3.06. The number of thiophene rings is 1. The minimum Gasteiger partial charge on any atom is -0.466 e. The molecule has 0 fully saturated rings. The van der Waals surface area contributed by atoms with Crippen molar-refractivity contribution in [2.45, 2.75) is 51.9 Å². The minimum atomic E-state index is -5.28. The number of nitrogens with zero attached hydrogens (tertiary/aromatic N) is 1. The largest absolute Gasteiger partial charge is 0.466 e. The number of methoxy groups -OCH3 is 1. The van der Waals surface area contributed by atoms with E-state index in [4.69, 9.17) is 0 Å². The van der Waals surface area contributed by atoms with E-state index in [2.05, 4.69) is 30.8 Å². The van der Waals surface area contributed by atoms with Crippen LogP contribution < -0.4 is 10.6 Å². The number of ether oxygens (including phenoxy) is 1. The lowest BCUT2D eigenvalue weighted by Gasteiger charge is -2.34. The summed E-state index contributed by atoms with van der Waals surface area (Å²) in [5, 5.41) is 13.6. The van der Waals surface area contributed by atoms with E-state index in [1.165, 1.54) is 24.3 Å². The number of amides is 1. The van der Waals surface area contributed by atoms with Crippen LogP contribution in [0, 0.1) is 22.7 Å². The van der Waals surface area contributed by atoms with E-state index < -0.39 is 23.7 Å². The number of hydrogen-bond acceptors (Lipinski definition) is 6. The van der Waals surface area contributed by atoms with E-state index >= 15 is 0 Å². The first kappa shape index (κ1) is 25.6. The van der Waals surface area contributed by atoms with Gasteiger partial charge in [0.05, 0.1) is 12.7 Å². The first-order chi connectivity index (χ1) is 15.8. The van der Waals surface area contributed by atoms with Gasteiger partial charge in [-0.1, -0.05) is 39.0 Å². The third kappa shape index (κ3) is 4.75. The maximum atomic E-state index is 14.5. The second-order valence-corrected chi connectivity index (χ2v) is 10.4. The highest BCUT2D eigenvalue weighted by Gasteiger charge is 2.64. The Morgan fingerprint density at radius 1 is 1.18 bits per heavy atom. The van der Waals surface area contributed by atoms with Gasteiger partial charge < -0.3 is 15.4 Å². The number of carbonyl (C=O) groups excluding carboxylic acids is 2. The Morgan fingerprint density at radius 2 is 1.82 bits per heavy atom. The number of rotatable bonds is 5. The van der Waals surface area contributed by atoms with E-state index in [0.717, 1.165) is 29.7 Å². The molecule has 10 heteroatoms. The molecule has 0 spiro atoms. The van der Waals surface area contributed by atoms with Gasteiger partial charge in [0.25, 0.3) is 5.91 Å². The van der Waals surface area contributed by atoms with Crippen LogP contribution in [-0.2, 0) is 22.4 Å². The highest BCUT2D eigenvalue weighted by Crippen LogP contribution is 2.45. The van der Waals surface area contributed by atoms with Crippen LogP contribution in [0.2, 0.25) is 0 Å². The minimum absolute atomic E-state index is 0.00647. The van der Waals surface area contributed by atoms with E-state index in [1.54, 1.807) is 11.4 Å². The van der Waals surface area contributed by atoms with Gasteiger partial charge in [-0.3, -0.25) is 4.79 Å². The highest BCUT2D eigenvalue weighted by molar-refractivity contribution is 7.16. The van der Waals surface area contributed by atoms with Crippen LogP contribution in [-0.4, -0.2) is 30.8 Å². The molecule has 34 heavy (non-hydrogen) atoms. The zero-order chi connectivity index (χ0) is 25.3. The molecular weight excluding hydrogens is 467 g/mol. The molecule has 182 valence electrons. The molecule has 0 saturated carbocycles. The molecular formula is C24H26F3N3O3S. The van der Waals surface area contributed by atoms with E-state index in [-0.39, 0.29) is 21.5 Å². The van der Waals surface area contributed by atoms with Gasteiger partial charge >= 0.3 is 17.8 Å². The quantitative estimate of drug-likeness (QED) is 0.450. The molecule has 2 atom stereocenters. The number of benzene rings is 1. The van der Waals surface area contributed by atoms with E-state index in [1.807, 2.05) is 6.07 Å². The lowest BCUT2D eigenvalue weighted by molar-refractivity contribution is -0.203. The number of halogens is 3. The Morgan fingerprint density at radius 3 is 2.35 bits per heavy atom. The van der Waals surface area contributed by atoms with Gasteiger partial charge in [-0.25, -0.2) is 4.79 Å². The number of alkyl halides is 3. The lowest BCUT2D eigenvalue weighted by atomic mass is 9.72. The molecule has 0 unspecified atom stereocenters. The zero-order valence-electron chi connectivity index (χ0n) is 19.3. The first-order valence-electron chi connectivity index (χ1n) is 10.7. The van der Waals surface area contributed by atoms with Gasteiger partial charge in [0.2, 0.25) is 0 Å². The van der Waals surface area contributed by atoms with Crippen LogP contribution in [0.15, 0.2) is 30.3 Å². The van der Waals surface area contributed by atoms with Crippen molar-refractivity contribution in [3.8, 4) is 6.07 Å². The Bertz CT molecular complexity index is 1120. The number of carbonyl (C=O) groups is 2. The zero-order valence-corrected chi connectivity index (χ0v) is 20.1. The third-order valence-corrected chi connectivity index (χ3v) is 7.33. The predicted octanol–water partition coefficient (Wildman–Crippen LogP) is 5.04. The first-order valence-corrected chi connectivity index (χ1v) is 11.5. The fraction of sp³-hybridized carbons (Fsp3) is 0.458. The Labute approximate surface area is 200 Å². The van der Waals surface area contributed by atoms with Crippen molar-refractivity contribution in [2.75, 3.05) is 12.4 Å². The number of fused-ring (bicyclic) bond motifs is 1. The second kappa shape index (κ2) is 9.29. The average Bonchev–Trinajstić information content (AvgIpc) is 3.13. The smallest absolute Gasteiger partial charge is 0.441 e. The summed E-state index contributed by atoms with van der Waals surface area (Å²) in [7, 11) is 0.803. The molecule has 2 N–H and O–H groups in total. The lowest BCUT2D eigenvalue weighted by Crippen LogP contribution is -2.69. The van der Waals surface area contributed by atoms with Crippen LogP contribution in [0.4, 0.5) is 18.2 Å². The molecule has 6 nitrogen and oxygen atoms in total. The Kier molecular flexibility index (Phi) is 6.99. The van der Waals surface area contributed by atoms with Gasteiger partial charge in [-0.05, 0) is 48.3 Å². The van der Waals surface area contributed by atoms with Crippen molar-refractivity contribution in [1.29, 1.82) is 5.26 Å². The summed E-state index contributed by atoms with van der Waals surface area (Å²) < 4.78 is 47.8. The molecule has 3 rings (SSSR count). The summed E-state index contributed by atoms with van der Waals surface area (Å²) in [4.78, 5) is 26.1. The molecule has 1 aromatic heterocycles. The maximum absolute atomic E-state index is 14.5. The monoisotopic (exact) mass is 493 g/mol. The van der Waals surface area contributed by atoms with Gasteiger partial charge in [-0.15, -0.1) is 11.3 Å². The molecule has 1 aromatic carbocycles. The van der Waals surface area contributed by atoms with E-state index in [9.17, 15) is 28.0 Å². The summed E-state index contributed by atoms with van der Waals surface area (Å²) in [6, 6.07) is 9.22. The molecule has 0 bridgehead atoms. The predicted molar refractivity (Wildman–Crippen MR) is 122 cm³/mol. The summed E-state index contributed by atoms with van der Waals surface area (Å²) in [5.41, 5.74) is -2.92. The molecule has 1 amide bonds. The summed E-state index contributed by atoms with van der Waals surface area (Å²) >= 11 is 1.01. The maximum Gasteiger partial charge on any atom is 0.441 e. The number of anilines is 1. The van der Waals surface area contributed by atoms with Gasteiger partial charge in [0.15, 0.2) is 0 Å². The molecule has 2 aromatic rings. The van der Waals surface area contributed by atoms with Crippen molar-refractivity contribution >= 4 is 28.2 Å². The Balaban J connectivity index is 2.07.